The Balaban J connectivity index is 1.99. The summed E-state index contributed by atoms with van der Waals surface area (Å²) in [6.45, 7) is 4.27. The van der Waals surface area contributed by atoms with E-state index in [1.165, 1.54) is 5.56 Å². The van der Waals surface area contributed by atoms with Crippen LogP contribution in [0.4, 0.5) is 0 Å². The van der Waals surface area contributed by atoms with E-state index < -0.39 is 6.10 Å². The number of aliphatic hydroxyl groups is 1. The van der Waals surface area contributed by atoms with Gasteiger partial charge in [0, 0.05) is 18.0 Å². The van der Waals surface area contributed by atoms with Crippen molar-refractivity contribution >= 4 is 0 Å². The van der Waals surface area contributed by atoms with E-state index in [1.54, 1.807) is 18.5 Å². The summed E-state index contributed by atoms with van der Waals surface area (Å²) < 4.78 is 5.63. The lowest BCUT2D eigenvalue weighted by molar-refractivity contribution is 0.107. The molecule has 94 valence electrons. The molecule has 0 spiro atoms. The van der Waals surface area contributed by atoms with Gasteiger partial charge in [0.1, 0.15) is 18.5 Å². The first-order chi connectivity index (χ1) is 8.66. The molecule has 3 heteroatoms. The van der Waals surface area contributed by atoms with Crippen molar-refractivity contribution in [2.45, 2.75) is 20.0 Å². The standard InChI is InChI=1S/C15H17NO2/c1-11-5-6-15(12(2)8-11)18-10-14(17)13-4-3-7-16-9-13/h3-9,14,17H,10H2,1-2H3. The topological polar surface area (TPSA) is 42.4 Å². The molecule has 0 bridgehead atoms. The predicted octanol–water partition coefficient (Wildman–Crippen LogP) is 2.81. The molecule has 1 unspecified atom stereocenters. The number of ether oxygens (including phenoxy) is 1. The van der Waals surface area contributed by atoms with E-state index in [0.29, 0.717) is 0 Å². The number of nitrogens with zero attached hydrogens (tertiary/aromatic N) is 1. The van der Waals surface area contributed by atoms with Gasteiger partial charge >= 0.3 is 0 Å². The molecule has 3 nitrogen and oxygen atoms in total. The second-order valence-corrected chi connectivity index (χ2v) is 4.38. The summed E-state index contributed by atoms with van der Waals surface area (Å²) in [5.74, 6) is 0.809. The fourth-order valence-electron chi connectivity index (χ4n) is 1.80. The molecule has 2 rings (SSSR count). The molecule has 1 aromatic carbocycles. The molecule has 2 aromatic rings. The van der Waals surface area contributed by atoms with Gasteiger partial charge in [0.2, 0.25) is 0 Å². The van der Waals surface area contributed by atoms with Gasteiger partial charge in [-0.15, -0.1) is 0 Å². The Morgan fingerprint density at radius 1 is 1.28 bits per heavy atom. The number of hydrogen-bond acceptors (Lipinski definition) is 3. The zero-order valence-electron chi connectivity index (χ0n) is 10.6. The second-order valence-electron chi connectivity index (χ2n) is 4.38. The lowest BCUT2D eigenvalue weighted by Crippen LogP contribution is -2.10. The third-order valence-electron chi connectivity index (χ3n) is 2.80. The Morgan fingerprint density at radius 3 is 2.78 bits per heavy atom. The average Bonchev–Trinajstić information content (AvgIpc) is 2.38. The van der Waals surface area contributed by atoms with Gasteiger partial charge in [-0.3, -0.25) is 4.98 Å². The van der Waals surface area contributed by atoms with E-state index in [2.05, 4.69) is 11.1 Å². The zero-order valence-corrected chi connectivity index (χ0v) is 10.6. The fraction of sp³-hybridized carbons (Fsp3) is 0.267. The van der Waals surface area contributed by atoms with Crippen LogP contribution in [0.3, 0.4) is 0 Å². The van der Waals surface area contributed by atoms with Crippen LogP contribution in [0.2, 0.25) is 0 Å². The van der Waals surface area contributed by atoms with E-state index in [9.17, 15) is 5.11 Å². The Morgan fingerprint density at radius 2 is 2.11 bits per heavy atom. The van der Waals surface area contributed by atoms with Crippen molar-refractivity contribution in [1.82, 2.24) is 4.98 Å². The Labute approximate surface area is 107 Å². The van der Waals surface area contributed by atoms with Crippen LogP contribution in [-0.2, 0) is 0 Å². The first kappa shape index (κ1) is 12.6. The summed E-state index contributed by atoms with van der Waals surface area (Å²) in [5, 5.41) is 9.96. The van der Waals surface area contributed by atoms with Gasteiger partial charge in [-0.1, -0.05) is 23.8 Å². The summed E-state index contributed by atoms with van der Waals surface area (Å²) in [6, 6.07) is 9.63. The van der Waals surface area contributed by atoms with Crippen molar-refractivity contribution < 1.29 is 9.84 Å². The highest BCUT2D eigenvalue weighted by Crippen LogP contribution is 2.20. The number of hydrogen-bond donors (Lipinski definition) is 1. The smallest absolute Gasteiger partial charge is 0.122 e. The van der Waals surface area contributed by atoms with Crippen LogP contribution in [0, 0.1) is 13.8 Å². The predicted molar refractivity (Wildman–Crippen MR) is 70.6 cm³/mol. The van der Waals surface area contributed by atoms with E-state index in [1.807, 2.05) is 32.0 Å². The quantitative estimate of drug-likeness (QED) is 0.897. The number of benzene rings is 1. The molecule has 1 atom stereocenters. The van der Waals surface area contributed by atoms with Gasteiger partial charge in [0.05, 0.1) is 0 Å². The maximum Gasteiger partial charge on any atom is 0.122 e. The van der Waals surface area contributed by atoms with Crippen molar-refractivity contribution in [3.8, 4) is 5.75 Å². The molecule has 0 aliphatic heterocycles. The first-order valence-electron chi connectivity index (χ1n) is 5.95. The number of aryl methyl sites for hydroxylation is 2. The van der Waals surface area contributed by atoms with E-state index >= 15 is 0 Å². The summed E-state index contributed by atoms with van der Waals surface area (Å²) in [4.78, 5) is 3.97. The molecule has 0 aliphatic rings. The fourth-order valence-corrected chi connectivity index (χ4v) is 1.80. The minimum Gasteiger partial charge on any atom is -0.490 e. The third kappa shape index (κ3) is 3.08. The van der Waals surface area contributed by atoms with E-state index in [0.717, 1.165) is 16.9 Å². The molecule has 0 aliphatic carbocycles. The van der Waals surface area contributed by atoms with Crippen LogP contribution in [0.1, 0.15) is 22.8 Å². The summed E-state index contributed by atoms with van der Waals surface area (Å²) >= 11 is 0. The van der Waals surface area contributed by atoms with Crippen molar-refractivity contribution in [2.75, 3.05) is 6.61 Å². The third-order valence-corrected chi connectivity index (χ3v) is 2.80. The molecular formula is C15H17NO2. The van der Waals surface area contributed by atoms with Gasteiger partial charge in [0.15, 0.2) is 0 Å². The van der Waals surface area contributed by atoms with Crippen LogP contribution in [0.15, 0.2) is 42.7 Å². The average molecular weight is 243 g/mol. The van der Waals surface area contributed by atoms with Crippen LogP contribution in [0.25, 0.3) is 0 Å². The lowest BCUT2D eigenvalue weighted by Gasteiger charge is -2.14. The highest BCUT2D eigenvalue weighted by molar-refractivity contribution is 5.35. The molecule has 1 heterocycles. The highest BCUT2D eigenvalue weighted by Gasteiger charge is 2.09. The maximum absolute atomic E-state index is 9.96. The summed E-state index contributed by atoms with van der Waals surface area (Å²) in [7, 11) is 0. The van der Waals surface area contributed by atoms with E-state index in [4.69, 9.17) is 4.74 Å². The van der Waals surface area contributed by atoms with Crippen LogP contribution >= 0.6 is 0 Å². The molecule has 18 heavy (non-hydrogen) atoms. The van der Waals surface area contributed by atoms with Crippen LogP contribution < -0.4 is 4.74 Å². The number of rotatable bonds is 4. The number of pyridine rings is 1. The molecule has 1 aromatic heterocycles. The van der Waals surface area contributed by atoms with Gasteiger partial charge in [-0.25, -0.2) is 0 Å². The van der Waals surface area contributed by atoms with Gasteiger partial charge in [-0.2, -0.15) is 0 Å². The monoisotopic (exact) mass is 243 g/mol. The number of aliphatic hydroxyl groups excluding tert-OH is 1. The molecule has 0 amide bonds. The summed E-state index contributed by atoms with van der Waals surface area (Å²) in [5.41, 5.74) is 3.04. The normalized spacial score (nSPS) is 12.2. The van der Waals surface area contributed by atoms with Crippen molar-refractivity contribution in [2.24, 2.45) is 0 Å². The molecule has 0 saturated heterocycles. The van der Waals surface area contributed by atoms with Gasteiger partial charge < -0.3 is 9.84 Å². The van der Waals surface area contributed by atoms with Gasteiger partial charge in [0.25, 0.3) is 0 Å². The Kier molecular flexibility index (Phi) is 3.95. The molecule has 0 radical (unpaired) electrons. The second kappa shape index (κ2) is 5.65. The molecule has 0 saturated carbocycles. The zero-order chi connectivity index (χ0) is 13.0. The Hall–Kier alpha value is -1.87. The first-order valence-corrected chi connectivity index (χ1v) is 5.95. The minimum absolute atomic E-state index is 0.232. The van der Waals surface area contributed by atoms with Crippen molar-refractivity contribution in [3.05, 3.63) is 59.4 Å². The van der Waals surface area contributed by atoms with Crippen molar-refractivity contribution in [3.63, 3.8) is 0 Å². The highest BCUT2D eigenvalue weighted by atomic mass is 16.5. The van der Waals surface area contributed by atoms with E-state index in [-0.39, 0.29) is 6.61 Å². The lowest BCUT2D eigenvalue weighted by atomic mass is 10.1. The minimum atomic E-state index is -0.653. The Bertz CT molecular complexity index is 511. The molecule has 1 N–H and O–H groups in total. The van der Waals surface area contributed by atoms with Crippen molar-refractivity contribution in [1.29, 1.82) is 0 Å². The molecule has 0 fully saturated rings. The maximum atomic E-state index is 9.96. The van der Waals surface area contributed by atoms with Crippen LogP contribution in [-0.4, -0.2) is 16.7 Å². The SMILES string of the molecule is Cc1ccc(OCC(O)c2cccnc2)c(C)c1. The number of aromatic nitrogens is 1. The largest absolute Gasteiger partial charge is 0.490 e. The van der Waals surface area contributed by atoms with Crippen LogP contribution in [0.5, 0.6) is 5.75 Å². The summed E-state index contributed by atoms with van der Waals surface area (Å²) in [6.07, 6.45) is 2.68. The van der Waals surface area contributed by atoms with Gasteiger partial charge in [-0.05, 0) is 31.5 Å². The molecular weight excluding hydrogens is 226 g/mol.